The van der Waals surface area contributed by atoms with E-state index in [1.165, 1.54) is 30.0 Å². The number of amides is 2. The Bertz CT molecular complexity index is 861. The third-order valence-electron chi connectivity index (χ3n) is 8.64. The maximum Gasteiger partial charge on any atom is 0.303 e. The van der Waals surface area contributed by atoms with Gasteiger partial charge in [-0.1, -0.05) is 12.5 Å². The Morgan fingerprint density at radius 3 is 2.31 bits per heavy atom. The van der Waals surface area contributed by atoms with Crippen LogP contribution in [0.2, 0.25) is 0 Å². The van der Waals surface area contributed by atoms with E-state index < -0.39 is 21.7 Å². The smallest absolute Gasteiger partial charge is 0.303 e. The molecule has 4 atom stereocenters. The summed E-state index contributed by atoms with van der Waals surface area (Å²) in [6.45, 7) is 4.62. The zero-order valence-electron chi connectivity index (χ0n) is 16.9. The minimum absolute atomic E-state index is 0.0686. The second kappa shape index (κ2) is 6.30. The number of rotatable bonds is 6. The van der Waals surface area contributed by atoms with E-state index in [1.54, 1.807) is 6.08 Å². The maximum absolute atomic E-state index is 13.0. The van der Waals surface area contributed by atoms with Crippen LogP contribution in [0, 0.1) is 22.7 Å². The Morgan fingerprint density at radius 2 is 1.76 bits per heavy atom. The molecule has 2 amide bonds. The molecule has 2 spiro atoms. The Morgan fingerprint density at radius 1 is 1.03 bits per heavy atom. The molecule has 5 aliphatic rings. The van der Waals surface area contributed by atoms with E-state index in [1.807, 2.05) is 0 Å². The summed E-state index contributed by atoms with van der Waals surface area (Å²) < 4.78 is 28.6. The third kappa shape index (κ3) is 2.89. The first-order valence-electron chi connectivity index (χ1n) is 11.0. The molecule has 2 N–H and O–H groups in total. The van der Waals surface area contributed by atoms with Crippen molar-refractivity contribution in [2.24, 2.45) is 22.7 Å². The van der Waals surface area contributed by atoms with Crippen LogP contribution >= 0.6 is 0 Å². The van der Waals surface area contributed by atoms with Gasteiger partial charge >= 0.3 is 10.2 Å². The van der Waals surface area contributed by atoms with Crippen LogP contribution in [0.5, 0.6) is 0 Å². The first-order valence-corrected chi connectivity index (χ1v) is 12.5. The second-order valence-electron chi connectivity index (χ2n) is 10.1. The lowest BCUT2D eigenvalue weighted by atomic mass is 9.74. The fraction of sp³-hybridized carbons (Fsp3) is 0.810. The first kappa shape index (κ1) is 19.5. The van der Waals surface area contributed by atoms with Gasteiger partial charge in [-0.05, 0) is 68.6 Å². The molecule has 8 heteroatoms. The van der Waals surface area contributed by atoms with E-state index in [-0.39, 0.29) is 17.7 Å². The lowest BCUT2D eigenvalue weighted by Crippen LogP contribution is -2.55. The molecule has 1 heterocycles. The van der Waals surface area contributed by atoms with Crippen LogP contribution in [0.1, 0.15) is 64.2 Å². The predicted molar refractivity (Wildman–Crippen MR) is 108 cm³/mol. The number of nitrogens with zero attached hydrogens (tertiary/aromatic N) is 1. The van der Waals surface area contributed by atoms with Crippen LogP contribution in [-0.2, 0) is 19.8 Å². The van der Waals surface area contributed by atoms with Crippen LogP contribution in [0.25, 0.3) is 0 Å². The molecule has 0 aromatic heterocycles. The summed E-state index contributed by atoms with van der Waals surface area (Å²) in [4.78, 5) is 26.0. The van der Waals surface area contributed by atoms with Crippen molar-refractivity contribution in [3.8, 4) is 0 Å². The average Bonchev–Trinajstić information content (AvgIpc) is 3.29. The average molecular weight is 422 g/mol. The van der Waals surface area contributed by atoms with Crippen LogP contribution in [0.4, 0.5) is 0 Å². The van der Waals surface area contributed by atoms with Gasteiger partial charge in [-0.2, -0.15) is 12.7 Å². The van der Waals surface area contributed by atoms with E-state index in [0.717, 1.165) is 32.1 Å². The number of hydrogen-bond donors (Lipinski definition) is 2. The molecule has 5 rings (SSSR count). The Balaban J connectivity index is 1.25. The van der Waals surface area contributed by atoms with E-state index in [0.29, 0.717) is 30.3 Å². The summed E-state index contributed by atoms with van der Waals surface area (Å²) in [6.07, 6.45) is 11.7. The van der Waals surface area contributed by atoms with Crippen LogP contribution in [0.3, 0.4) is 0 Å². The van der Waals surface area contributed by atoms with Gasteiger partial charge in [0.1, 0.15) is 5.54 Å². The largest absolute Gasteiger partial charge is 0.341 e. The van der Waals surface area contributed by atoms with Gasteiger partial charge in [0.05, 0.1) is 0 Å². The number of carbonyl (C=O) groups excluding carboxylic acids is 2. The van der Waals surface area contributed by atoms with E-state index in [9.17, 15) is 18.0 Å². The molecule has 1 aliphatic heterocycles. The molecule has 4 aliphatic carbocycles. The minimum Gasteiger partial charge on any atom is -0.341 e. The monoisotopic (exact) mass is 421 g/mol. The Labute approximate surface area is 172 Å². The third-order valence-corrected chi connectivity index (χ3v) is 10.1. The van der Waals surface area contributed by atoms with Gasteiger partial charge in [0.25, 0.3) is 5.91 Å². The minimum atomic E-state index is -3.86. The standard InChI is InChI=1S/C21H31N3O4S/c1-2-16-13-21(16,18(26)23-29(27,28)24-10-3-4-11-24)22-17(25)15-6-9-20(12-15)14-19(20)7-5-8-19/h2,15-16H,1,3-14H2,(H,22,25)(H,23,26)/t15?,16-,20?,21-/m1/s1. The molecule has 0 bridgehead atoms. The summed E-state index contributed by atoms with van der Waals surface area (Å²) in [5.74, 6) is -1.02. The van der Waals surface area contributed by atoms with E-state index >= 15 is 0 Å². The van der Waals surface area contributed by atoms with Crippen molar-refractivity contribution in [3.05, 3.63) is 12.7 Å². The van der Waals surface area contributed by atoms with Gasteiger partial charge in [0.2, 0.25) is 5.91 Å². The molecule has 0 aromatic carbocycles. The van der Waals surface area contributed by atoms with Crippen molar-refractivity contribution in [3.63, 3.8) is 0 Å². The topological polar surface area (TPSA) is 95.6 Å². The van der Waals surface area contributed by atoms with Crippen LogP contribution in [-0.4, -0.2) is 43.2 Å². The second-order valence-corrected chi connectivity index (χ2v) is 11.8. The summed E-state index contributed by atoms with van der Waals surface area (Å²) in [7, 11) is -3.86. The Hall–Kier alpha value is -1.41. The van der Waals surface area contributed by atoms with Crippen LogP contribution < -0.4 is 10.0 Å². The Kier molecular flexibility index (Phi) is 4.24. The highest BCUT2D eigenvalue weighted by atomic mass is 32.2. The van der Waals surface area contributed by atoms with Crippen molar-refractivity contribution in [2.75, 3.05) is 13.1 Å². The lowest BCUT2D eigenvalue weighted by molar-refractivity contribution is -0.131. The summed E-state index contributed by atoms with van der Waals surface area (Å²) in [6, 6.07) is 0. The van der Waals surface area contributed by atoms with E-state index in [2.05, 4.69) is 16.6 Å². The first-order chi connectivity index (χ1) is 13.8. The number of fused-ring (bicyclic) bond motifs is 1. The molecule has 29 heavy (non-hydrogen) atoms. The van der Waals surface area contributed by atoms with Gasteiger partial charge < -0.3 is 5.32 Å². The van der Waals surface area contributed by atoms with Crippen molar-refractivity contribution in [1.82, 2.24) is 14.3 Å². The number of hydrogen-bond acceptors (Lipinski definition) is 4. The van der Waals surface area contributed by atoms with E-state index in [4.69, 9.17) is 0 Å². The SMILES string of the molecule is C=C[C@@H]1C[C@]1(NC(=O)C1CCC2(C1)CC21CCC1)C(=O)NS(=O)(=O)N1CCCC1. The van der Waals surface area contributed by atoms with Crippen LogP contribution in [0.15, 0.2) is 12.7 Å². The molecule has 1 saturated heterocycles. The molecule has 4 saturated carbocycles. The number of nitrogens with one attached hydrogen (secondary N) is 2. The summed E-state index contributed by atoms with van der Waals surface area (Å²) in [5, 5.41) is 2.95. The van der Waals surface area contributed by atoms with Gasteiger partial charge in [0, 0.05) is 24.9 Å². The molecule has 0 radical (unpaired) electrons. The molecular weight excluding hydrogens is 390 g/mol. The van der Waals surface area contributed by atoms with Crippen molar-refractivity contribution >= 4 is 22.0 Å². The predicted octanol–water partition coefficient (Wildman–Crippen LogP) is 1.86. The lowest BCUT2D eigenvalue weighted by Gasteiger charge is -2.31. The molecule has 7 nitrogen and oxygen atoms in total. The van der Waals surface area contributed by atoms with Gasteiger partial charge in [-0.25, -0.2) is 4.72 Å². The summed E-state index contributed by atoms with van der Waals surface area (Å²) >= 11 is 0. The normalized spacial score (nSPS) is 39.9. The van der Waals surface area contributed by atoms with Crippen molar-refractivity contribution in [1.29, 1.82) is 0 Å². The fourth-order valence-electron chi connectivity index (χ4n) is 6.46. The molecule has 5 fully saturated rings. The number of carbonyl (C=O) groups is 2. The molecule has 2 unspecified atom stereocenters. The quantitative estimate of drug-likeness (QED) is 0.640. The highest BCUT2D eigenvalue weighted by Gasteiger charge is 2.71. The molecule has 160 valence electrons. The zero-order valence-corrected chi connectivity index (χ0v) is 17.7. The van der Waals surface area contributed by atoms with Gasteiger partial charge in [0.15, 0.2) is 0 Å². The van der Waals surface area contributed by atoms with Crippen molar-refractivity contribution < 1.29 is 18.0 Å². The van der Waals surface area contributed by atoms with Gasteiger partial charge in [-0.3, -0.25) is 9.59 Å². The molecular formula is C21H31N3O4S. The molecule has 0 aromatic rings. The summed E-state index contributed by atoms with van der Waals surface area (Å²) in [5.41, 5.74) is -0.285. The fourth-order valence-corrected chi connectivity index (χ4v) is 7.75. The highest BCUT2D eigenvalue weighted by Crippen LogP contribution is 2.80. The maximum atomic E-state index is 13.0. The van der Waals surface area contributed by atoms with Crippen molar-refractivity contribution in [2.45, 2.75) is 69.7 Å². The zero-order chi connectivity index (χ0) is 20.5. The van der Waals surface area contributed by atoms with Gasteiger partial charge in [-0.15, -0.1) is 6.58 Å². The highest BCUT2D eigenvalue weighted by molar-refractivity contribution is 7.87.